The van der Waals surface area contributed by atoms with Crippen molar-refractivity contribution >= 4 is 11.4 Å². The average molecular weight is 387 g/mol. The van der Waals surface area contributed by atoms with Gasteiger partial charge in [-0.3, -0.25) is 20.2 Å². The number of nitro groups is 2. The summed E-state index contributed by atoms with van der Waals surface area (Å²) in [5.41, 5.74) is 0.579. The monoisotopic (exact) mass is 387 g/mol. The molecule has 2 fully saturated rings. The van der Waals surface area contributed by atoms with Crippen molar-refractivity contribution in [2.75, 3.05) is 19.8 Å². The minimum absolute atomic E-state index is 0.0280. The van der Waals surface area contributed by atoms with Crippen molar-refractivity contribution in [3.63, 3.8) is 0 Å². The van der Waals surface area contributed by atoms with Crippen LogP contribution in [-0.2, 0) is 9.47 Å². The molecule has 1 N–H and O–H groups in total. The van der Waals surface area contributed by atoms with E-state index in [9.17, 15) is 25.3 Å². The molecule has 1 unspecified atom stereocenters. The van der Waals surface area contributed by atoms with E-state index in [1.807, 2.05) is 4.90 Å². The fourth-order valence-corrected chi connectivity index (χ4v) is 3.65. The molecule has 10 heteroatoms. The van der Waals surface area contributed by atoms with Crippen LogP contribution in [0.2, 0.25) is 0 Å². The Bertz CT molecular complexity index is 831. The molecule has 2 heterocycles. The zero-order valence-electron chi connectivity index (χ0n) is 14.6. The maximum atomic E-state index is 10.9. The molecule has 2 aromatic carbocycles. The van der Waals surface area contributed by atoms with Gasteiger partial charge in [0.1, 0.15) is 12.5 Å². The Morgan fingerprint density at radius 1 is 0.893 bits per heavy atom. The van der Waals surface area contributed by atoms with Gasteiger partial charge >= 0.3 is 0 Å². The molecule has 4 rings (SSSR count). The second kappa shape index (κ2) is 6.91. The summed E-state index contributed by atoms with van der Waals surface area (Å²) in [6.45, 7) is 0.267. The molecule has 2 aliphatic heterocycles. The van der Waals surface area contributed by atoms with E-state index in [0.717, 1.165) is 0 Å². The molecule has 0 bridgehead atoms. The summed E-state index contributed by atoms with van der Waals surface area (Å²) in [6, 6.07) is 12.0. The maximum Gasteiger partial charge on any atom is 0.269 e. The Morgan fingerprint density at radius 2 is 1.29 bits per heavy atom. The molecular formula is C18H17N3O7. The van der Waals surface area contributed by atoms with Crippen LogP contribution in [0, 0.1) is 20.2 Å². The third-order valence-corrected chi connectivity index (χ3v) is 5.15. The summed E-state index contributed by atoms with van der Waals surface area (Å²) in [5.74, 6) is 0. The Kier molecular flexibility index (Phi) is 4.55. The molecule has 0 aromatic heterocycles. The van der Waals surface area contributed by atoms with E-state index in [4.69, 9.17) is 9.47 Å². The first-order valence-corrected chi connectivity index (χ1v) is 8.56. The fourth-order valence-electron chi connectivity index (χ4n) is 3.65. The van der Waals surface area contributed by atoms with Crippen LogP contribution in [0.25, 0.3) is 0 Å². The van der Waals surface area contributed by atoms with Gasteiger partial charge in [0.15, 0.2) is 0 Å². The zero-order valence-corrected chi connectivity index (χ0v) is 14.6. The molecule has 0 amide bonds. The molecule has 28 heavy (non-hydrogen) atoms. The molecule has 0 spiro atoms. The number of hydrogen-bond donors (Lipinski definition) is 1. The highest BCUT2D eigenvalue weighted by Gasteiger charge is 2.56. The van der Waals surface area contributed by atoms with Gasteiger partial charge in [-0.2, -0.15) is 0 Å². The van der Waals surface area contributed by atoms with Gasteiger partial charge in [-0.05, 0) is 35.4 Å². The van der Waals surface area contributed by atoms with Gasteiger partial charge in [0, 0.05) is 24.3 Å². The molecular weight excluding hydrogens is 370 g/mol. The number of nitrogens with zero attached hydrogens (tertiary/aromatic N) is 3. The Morgan fingerprint density at radius 3 is 1.61 bits per heavy atom. The van der Waals surface area contributed by atoms with Crippen molar-refractivity contribution in [3.8, 4) is 0 Å². The third-order valence-electron chi connectivity index (χ3n) is 5.15. The number of hydrogen-bond acceptors (Lipinski definition) is 8. The van der Waals surface area contributed by atoms with Crippen LogP contribution in [0.5, 0.6) is 0 Å². The minimum atomic E-state index is -0.751. The summed E-state index contributed by atoms with van der Waals surface area (Å²) in [7, 11) is 0. The smallest absolute Gasteiger partial charge is 0.269 e. The average Bonchev–Trinajstić information content (AvgIpc) is 3.26. The van der Waals surface area contributed by atoms with Gasteiger partial charge in [-0.1, -0.05) is 0 Å². The van der Waals surface area contributed by atoms with Crippen LogP contribution >= 0.6 is 0 Å². The van der Waals surface area contributed by atoms with Crippen LogP contribution in [0.4, 0.5) is 11.4 Å². The van der Waals surface area contributed by atoms with E-state index in [-0.39, 0.29) is 31.2 Å². The Labute approximate surface area is 159 Å². The fraction of sp³-hybridized carbons (Fsp3) is 0.333. The van der Waals surface area contributed by atoms with Gasteiger partial charge in [0.05, 0.1) is 35.2 Å². The Balaban J connectivity index is 1.67. The van der Waals surface area contributed by atoms with Crippen molar-refractivity contribution < 1.29 is 24.4 Å². The standard InChI is InChI=1S/C18H17N3O7/c22-9-18-10-27-16(12-1-5-14(6-2-12)20(23)24)19(18)17(28-11-18)13-3-7-15(8-4-13)21(25)26/h1-8,16-17,22H,9-11H2/t16-,17+,18?. The van der Waals surface area contributed by atoms with Crippen LogP contribution in [0.3, 0.4) is 0 Å². The number of ether oxygens (including phenoxy) is 2. The van der Waals surface area contributed by atoms with Crippen LogP contribution in [-0.4, -0.2) is 45.2 Å². The Hall–Kier alpha value is -2.92. The number of aliphatic hydroxyl groups is 1. The second-order valence-corrected chi connectivity index (χ2v) is 6.81. The topological polar surface area (TPSA) is 128 Å². The lowest BCUT2D eigenvalue weighted by atomic mass is 10.0. The predicted octanol–water partition coefficient (Wildman–Crippen LogP) is 2.29. The lowest BCUT2D eigenvalue weighted by Crippen LogP contribution is -2.47. The predicted molar refractivity (Wildman–Crippen MR) is 95.2 cm³/mol. The zero-order chi connectivity index (χ0) is 19.9. The summed E-state index contributed by atoms with van der Waals surface area (Å²) >= 11 is 0. The SMILES string of the molecule is O=[N+]([O-])c1ccc([C@H]2OCC3(CO)CO[C@@H](c4ccc([N+](=O)[O-])cc4)N23)cc1. The van der Waals surface area contributed by atoms with E-state index in [1.54, 1.807) is 24.3 Å². The first-order chi connectivity index (χ1) is 13.4. The number of nitro benzene ring substituents is 2. The number of fused-ring (bicyclic) bond motifs is 1. The molecule has 0 saturated carbocycles. The normalized spacial score (nSPS) is 26.9. The first kappa shape index (κ1) is 18.4. The summed E-state index contributed by atoms with van der Waals surface area (Å²) in [5, 5.41) is 31.8. The second-order valence-electron chi connectivity index (χ2n) is 6.81. The van der Waals surface area contributed by atoms with Crippen LogP contribution in [0.15, 0.2) is 48.5 Å². The highest BCUT2D eigenvalue weighted by Crippen LogP contribution is 2.49. The summed E-state index contributed by atoms with van der Waals surface area (Å²) in [4.78, 5) is 22.7. The van der Waals surface area contributed by atoms with Crippen molar-refractivity contribution in [1.29, 1.82) is 0 Å². The largest absolute Gasteiger partial charge is 0.394 e. The van der Waals surface area contributed by atoms with E-state index < -0.39 is 27.8 Å². The van der Waals surface area contributed by atoms with E-state index in [0.29, 0.717) is 11.1 Å². The van der Waals surface area contributed by atoms with E-state index >= 15 is 0 Å². The van der Waals surface area contributed by atoms with E-state index in [2.05, 4.69) is 0 Å². The third kappa shape index (κ3) is 2.92. The highest BCUT2D eigenvalue weighted by molar-refractivity contribution is 5.36. The summed E-state index contributed by atoms with van der Waals surface area (Å²) < 4.78 is 11.8. The lowest BCUT2D eigenvalue weighted by molar-refractivity contribution is -0.385. The molecule has 2 saturated heterocycles. The van der Waals surface area contributed by atoms with Gasteiger partial charge in [0.2, 0.25) is 0 Å². The molecule has 0 radical (unpaired) electrons. The number of benzene rings is 2. The quantitative estimate of drug-likeness (QED) is 0.611. The summed E-state index contributed by atoms with van der Waals surface area (Å²) in [6.07, 6.45) is -1.15. The first-order valence-electron chi connectivity index (χ1n) is 8.56. The van der Waals surface area contributed by atoms with Gasteiger partial charge in [-0.25, -0.2) is 4.90 Å². The molecule has 146 valence electrons. The molecule has 0 aliphatic carbocycles. The maximum absolute atomic E-state index is 10.9. The van der Waals surface area contributed by atoms with Crippen molar-refractivity contribution in [2.45, 2.75) is 18.0 Å². The number of rotatable bonds is 5. The van der Waals surface area contributed by atoms with Gasteiger partial charge < -0.3 is 14.6 Å². The van der Waals surface area contributed by atoms with Crippen molar-refractivity contribution in [3.05, 3.63) is 79.9 Å². The molecule has 3 atom stereocenters. The van der Waals surface area contributed by atoms with E-state index in [1.165, 1.54) is 24.3 Å². The van der Waals surface area contributed by atoms with Crippen molar-refractivity contribution in [1.82, 2.24) is 4.90 Å². The number of aliphatic hydroxyl groups excluding tert-OH is 1. The number of non-ortho nitro benzene ring substituents is 2. The molecule has 10 nitrogen and oxygen atoms in total. The van der Waals surface area contributed by atoms with Crippen molar-refractivity contribution in [2.24, 2.45) is 0 Å². The minimum Gasteiger partial charge on any atom is -0.394 e. The van der Waals surface area contributed by atoms with Gasteiger partial charge in [0.25, 0.3) is 11.4 Å². The molecule has 2 aliphatic rings. The highest BCUT2D eigenvalue weighted by atomic mass is 16.6. The molecule has 2 aromatic rings. The lowest BCUT2D eigenvalue weighted by Gasteiger charge is -2.32. The van der Waals surface area contributed by atoms with Gasteiger partial charge in [-0.15, -0.1) is 0 Å². The van der Waals surface area contributed by atoms with Crippen LogP contribution in [0.1, 0.15) is 23.6 Å². The van der Waals surface area contributed by atoms with Crippen LogP contribution < -0.4 is 0 Å².